The molecule has 0 saturated carbocycles. The largest absolute Gasteiger partial charge is 0.370 e. The summed E-state index contributed by atoms with van der Waals surface area (Å²) in [4.78, 5) is 67.8. The third-order valence-electron chi connectivity index (χ3n) is 7.04. The predicted molar refractivity (Wildman–Crippen MR) is 190 cm³/mol. The molecule has 0 spiro atoms. The van der Waals surface area contributed by atoms with E-state index in [1.54, 1.807) is 51.3 Å². The van der Waals surface area contributed by atoms with E-state index in [1.807, 2.05) is 0 Å². The molecule has 0 aromatic carbocycles. The molecule has 49 heavy (non-hydrogen) atoms. The first-order valence-electron chi connectivity index (χ1n) is 14.3. The van der Waals surface area contributed by atoms with Crippen molar-refractivity contribution in [2.45, 2.75) is 0 Å². The molecule has 0 radical (unpaired) electrons. The molecule has 0 saturated heterocycles. The van der Waals surface area contributed by atoms with Gasteiger partial charge in [0.1, 0.15) is 22.8 Å². The van der Waals surface area contributed by atoms with Gasteiger partial charge in [-0.1, -0.05) is 6.58 Å². The van der Waals surface area contributed by atoms with Gasteiger partial charge in [0.05, 0.1) is 33.8 Å². The zero-order valence-electron chi connectivity index (χ0n) is 26.9. The number of nitrogens with one attached hydrogen (secondary N) is 4. The molecule has 4 aromatic rings. The van der Waals surface area contributed by atoms with Gasteiger partial charge in [0.2, 0.25) is 0 Å². The molecule has 5 amide bonds. The van der Waals surface area contributed by atoms with E-state index in [9.17, 15) is 24.0 Å². The third kappa shape index (κ3) is 8.59. The molecule has 8 N–H and O–H groups in total. The molecular weight excluding hydrogens is 724 g/mol. The number of nitrogens with zero attached hydrogens (tertiary/aromatic N) is 6. The van der Waals surface area contributed by atoms with Crippen LogP contribution in [0.5, 0.6) is 0 Å². The third-order valence-corrected chi connectivity index (χ3v) is 7.75. The SMILES string of the molecule is C=C(Br)C(=O)Nc1cc(C(=O)N(Cl)c2cc(C(=O)Nc3cc(C(=O)Nc4cc(C(=O)NCCN=C(N)N)n(C)c4)n(C)c3)n(C)c2)n(C)c1. The van der Waals surface area contributed by atoms with E-state index < -0.39 is 23.6 Å². The number of amides is 5. The summed E-state index contributed by atoms with van der Waals surface area (Å²) in [5.41, 5.74) is 12.7. The fraction of sp³-hybridized carbons (Fsp3) is 0.200. The highest BCUT2D eigenvalue weighted by Gasteiger charge is 2.24. The Balaban J connectivity index is 1.40. The van der Waals surface area contributed by atoms with Crippen LogP contribution in [0.4, 0.5) is 22.7 Å². The molecule has 17 nitrogen and oxygen atoms in total. The summed E-state index contributed by atoms with van der Waals surface area (Å²) in [7, 11) is 6.53. The molecule has 0 bridgehead atoms. The second-order valence-corrected chi connectivity index (χ2v) is 12.1. The van der Waals surface area contributed by atoms with Gasteiger partial charge in [0.15, 0.2) is 5.96 Å². The normalized spacial score (nSPS) is 10.7. The Morgan fingerprint density at radius 1 is 0.755 bits per heavy atom. The Bertz CT molecular complexity index is 2000. The molecule has 4 rings (SSSR count). The van der Waals surface area contributed by atoms with E-state index in [1.165, 1.54) is 44.2 Å². The zero-order chi connectivity index (χ0) is 36.2. The standard InChI is InChI=1S/C30H34BrClN12O5/c1-16(31)25(45)37-19-10-24(42(4)14-19)29(49)44(32)20-11-23(43(5)15-20)28(48)39-18-9-22(41(3)13-18)27(47)38-17-8-21(40(2)12-17)26(46)35-6-7-36-30(33)34/h8-15H,1,6-7H2,2-5H3,(H,35,46)(H,37,45)(H,38,47)(H,39,48)(H4,33,34,36). The molecule has 0 aliphatic carbocycles. The summed E-state index contributed by atoms with van der Waals surface area (Å²) in [5.74, 6) is -2.53. The van der Waals surface area contributed by atoms with Crippen molar-refractivity contribution in [3.63, 3.8) is 0 Å². The number of hydrogen-bond donors (Lipinski definition) is 6. The summed E-state index contributed by atoms with van der Waals surface area (Å²) >= 11 is 9.41. The number of aryl methyl sites for hydroxylation is 4. The van der Waals surface area contributed by atoms with Gasteiger partial charge >= 0.3 is 0 Å². The van der Waals surface area contributed by atoms with Gasteiger partial charge in [-0.15, -0.1) is 0 Å². The summed E-state index contributed by atoms with van der Waals surface area (Å²) in [6.45, 7) is 3.95. The van der Waals surface area contributed by atoms with Crippen LogP contribution in [0.3, 0.4) is 0 Å². The average molecular weight is 758 g/mol. The topological polar surface area (TPSA) is 221 Å². The maximum Gasteiger partial charge on any atom is 0.289 e. The Morgan fingerprint density at radius 3 is 1.73 bits per heavy atom. The number of carbonyl (C=O) groups excluding carboxylic acids is 5. The van der Waals surface area contributed by atoms with Crippen LogP contribution in [0, 0.1) is 0 Å². The number of nitrogens with two attached hydrogens (primary N) is 2. The highest BCUT2D eigenvalue weighted by molar-refractivity contribution is 9.12. The second-order valence-electron chi connectivity index (χ2n) is 10.8. The first-order valence-corrected chi connectivity index (χ1v) is 15.5. The number of halogens is 2. The van der Waals surface area contributed by atoms with E-state index in [0.717, 1.165) is 4.42 Å². The van der Waals surface area contributed by atoms with Gasteiger partial charge in [0.25, 0.3) is 29.5 Å². The first kappa shape index (κ1) is 36.1. The Labute approximate surface area is 293 Å². The number of rotatable bonds is 12. The Morgan fingerprint density at radius 2 is 1.20 bits per heavy atom. The number of hydrogen-bond acceptors (Lipinski definition) is 6. The van der Waals surface area contributed by atoms with Gasteiger partial charge in [-0.05, 0) is 40.2 Å². The van der Waals surface area contributed by atoms with Gasteiger partial charge in [-0.2, -0.15) is 0 Å². The van der Waals surface area contributed by atoms with Gasteiger partial charge in [0, 0.05) is 71.3 Å². The van der Waals surface area contributed by atoms with Crippen molar-refractivity contribution in [1.29, 1.82) is 0 Å². The van der Waals surface area contributed by atoms with Crippen LogP contribution < -0.4 is 37.2 Å². The molecular formula is C30H34BrClN12O5. The van der Waals surface area contributed by atoms with Crippen molar-refractivity contribution in [2.24, 2.45) is 44.7 Å². The van der Waals surface area contributed by atoms with E-state index in [0.29, 0.717) is 22.8 Å². The van der Waals surface area contributed by atoms with Crippen molar-refractivity contribution < 1.29 is 24.0 Å². The summed E-state index contributed by atoms with van der Waals surface area (Å²) in [6, 6.07) is 5.90. The minimum Gasteiger partial charge on any atom is -0.370 e. The molecule has 0 fully saturated rings. The zero-order valence-corrected chi connectivity index (χ0v) is 29.2. The number of anilines is 4. The van der Waals surface area contributed by atoms with E-state index in [-0.39, 0.29) is 52.2 Å². The van der Waals surface area contributed by atoms with Gasteiger partial charge in [-0.3, -0.25) is 29.0 Å². The first-order chi connectivity index (χ1) is 23.0. The van der Waals surface area contributed by atoms with Crippen LogP contribution in [0.25, 0.3) is 0 Å². The van der Waals surface area contributed by atoms with Crippen molar-refractivity contribution in [1.82, 2.24) is 23.6 Å². The number of guanidine groups is 1. The smallest absolute Gasteiger partial charge is 0.289 e. The molecule has 258 valence electrons. The number of aromatic nitrogens is 4. The average Bonchev–Trinajstić information content (AvgIpc) is 3.79. The number of carbonyl (C=O) groups is 5. The van der Waals surface area contributed by atoms with Crippen LogP contribution >= 0.6 is 27.7 Å². The monoisotopic (exact) mass is 756 g/mol. The van der Waals surface area contributed by atoms with Crippen molar-refractivity contribution in [2.75, 3.05) is 33.5 Å². The van der Waals surface area contributed by atoms with Crippen LogP contribution in [-0.4, -0.2) is 66.9 Å². The molecule has 0 atom stereocenters. The maximum absolute atomic E-state index is 13.2. The Kier molecular flexibility index (Phi) is 11.0. The quantitative estimate of drug-likeness (QED) is 0.0416. The molecule has 0 aliphatic rings. The van der Waals surface area contributed by atoms with Crippen molar-refractivity contribution in [3.8, 4) is 0 Å². The van der Waals surface area contributed by atoms with Crippen LogP contribution in [0.2, 0.25) is 0 Å². The van der Waals surface area contributed by atoms with E-state index >= 15 is 0 Å². The minimum absolute atomic E-state index is 0.0755. The molecule has 4 aromatic heterocycles. The highest BCUT2D eigenvalue weighted by atomic mass is 79.9. The summed E-state index contributed by atoms with van der Waals surface area (Å²) in [6.07, 6.45) is 6.19. The lowest BCUT2D eigenvalue weighted by Gasteiger charge is -2.12. The maximum atomic E-state index is 13.2. The van der Waals surface area contributed by atoms with Crippen LogP contribution in [-0.2, 0) is 33.0 Å². The molecule has 19 heteroatoms. The van der Waals surface area contributed by atoms with Crippen molar-refractivity contribution >= 4 is 86.0 Å². The minimum atomic E-state index is -0.604. The van der Waals surface area contributed by atoms with E-state index in [2.05, 4.69) is 48.8 Å². The summed E-state index contributed by atoms with van der Waals surface area (Å²) in [5, 5.41) is 10.8. The predicted octanol–water partition coefficient (Wildman–Crippen LogP) is 2.20. The molecule has 0 aliphatic heterocycles. The van der Waals surface area contributed by atoms with Gasteiger partial charge < -0.3 is 51.0 Å². The Hall–Kier alpha value is -5.75. The van der Waals surface area contributed by atoms with Crippen LogP contribution in [0.15, 0.2) is 65.1 Å². The lowest BCUT2D eigenvalue weighted by Crippen LogP contribution is -2.29. The summed E-state index contributed by atoms with van der Waals surface area (Å²) < 4.78 is 7.06. The van der Waals surface area contributed by atoms with E-state index in [4.69, 9.17) is 23.2 Å². The van der Waals surface area contributed by atoms with Crippen molar-refractivity contribution in [3.05, 3.63) is 82.9 Å². The fourth-order valence-corrected chi connectivity index (χ4v) is 4.97. The lowest BCUT2D eigenvalue weighted by atomic mass is 10.3. The highest BCUT2D eigenvalue weighted by Crippen LogP contribution is 2.25. The molecule has 0 unspecified atom stereocenters. The second kappa shape index (κ2) is 15.0. The fourth-order valence-electron chi connectivity index (χ4n) is 4.69. The number of aliphatic imine (C=N–C) groups is 1. The van der Waals surface area contributed by atoms with Gasteiger partial charge in [-0.25, -0.2) is 4.42 Å². The molecule has 4 heterocycles. The lowest BCUT2D eigenvalue weighted by molar-refractivity contribution is -0.112. The van der Waals surface area contributed by atoms with Crippen LogP contribution in [0.1, 0.15) is 42.0 Å².